The number of carbonyl (C=O) groups excluding carboxylic acids is 2. The molecule has 2 amide bonds. The van der Waals surface area contributed by atoms with E-state index in [1.54, 1.807) is 43.9 Å². The first-order valence-corrected chi connectivity index (χ1v) is 15.7. The van der Waals surface area contributed by atoms with Gasteiger partial charge in [-0.1, -0.05) is 12.1 Å². The summed E-state index contributed by atoms with van der Waals surface area (Å²) in [6, 6.07) is 11.7. The Morgan fingerprint density at radius 3 is 2.57 bits per heavy atom. The van der Waals surface area contributed by atoms with Crippen LogP contribution in [0.15, 0.2) is 42.5 Å². The van der Waals surface area contributed by atoms with E-state index in [4.69, 9.17) is 23.4 Å². The maximum atomic E-state index is 13.4. The Bertz CT molecular complexity index is 1580. The number of hydrogen-bond acceptors (Lipinski definition) is 9. The van der Waals surface area contributed by atoms with Crippen LogP contribution >= 0.6 is 0 Å². The average molecular weight is 601 g/mol. The SMILES string of the molecule is CC(C)(C)OC(=O)N1CC[C@@H](NC(=O)c2ccc3c(c2)OCCO3)C[C@@H]1c1nc2ccccc2n1CCOS(C)(=O)=O. The molecule has 12 nitrogen and oxygen atoms in total. The van der Waals surface area contributed by atoms with Gasteiger partial charge >= 0.3 is 6.09 Å². The van der Waals surface area contributed by atoms with Crippen LogP contribution in [0.2, 0.25) is 0 Å². The van der Waals surface area contributed by atoms with E-state index in [0.717, 1.165) is 11.8 Å². The largest absolute Gasteiger partial charge is 0.486 e. The zero-order valence-electron chi connectivity index (χ0n) is 24.2. The van der Waals surface area contributed by atoms with Crippen molar-refractivity contribution in [1.82, 2.24) is 19.8 Å². The lowest BCUT2D eigenvalue weighted by Crippen LogP contribution is -2.50. The van der Waals surface area contributed by atoms with Crippen molar-refractivity contribution in [3.8, 4) is 11.5 Å². The van der Waals surface area contributed by atoms with Crippen LogP contribution in [0.25, 0.3) is 11.0 Å². The molecule has 2 atom stereocenters. The van der Waals surface area contributed by atoms with E-state index in [1.165, 1.54) is 0 Å². The van der Waals surface area contributed by atoms with Gasteiger partial charge in [0, 0.05) is 24.7 Å². The molecule has 0 radical (unpaired) electrons. The van der Waals surface area contributed by atoms with Crippen molar-refractivity contribution in [1.29, 1.82) is 0 Å². The van der Waals surface area contributed by atoms with E-state index < -0.39 is 27.9 Å². The monoisotopic (exact) mass is 600 g/mol. The fourth-order valence-electron chi connectivity index (χ4n) is 5.20. The summed E-state index contributed by atoms with van der Waals surface area (Å²) in [5, 5.41) is 3.11. The lowest BCUT2D eigenvalue weighted by atomic mass is 9.96. The van der Waals surface area contributed by atoms with Gasteiger partial charge in [0.1, 0.15) is 24.6 Å². The molecule has 2 aliphatic rings. The second-order valence-electron chi connectivity index (χ2n) is 11.4. The van der Waals surface area contributed by atoms with Crippen molar-refractivity contribution >= 4 is 33.2 Å². The lowest BCUT2D eigenvalue weighted by molar-refractivity contribution is 0.00523. The van der Waals surface area contributed by atoms with Gasteiger partial charge < -0.3 is 24.1 Å². The van der Waals surface area contributed by atoms with Gasteiger partial charge in [-0.15, -0.1) is 0 Å². The summed E-state index contributed by atoms with van der Waals surface area (Å²) in [5.41, 5.74) is 1.19. The minimum Gasteiger partial charge on any atom is -0.486 e. The Hall–Kier alpha value is -3.84. The van der Waals surface area contributed by atoms with Gasteiger partial charge in [-0.3, -0.25) is 13.9 Å². The van der Waals surface area contributed by atoms with Crippen LogP contribution in [0.3, 0.4) is 0 Å². The molecule has 1 saturated heterocycles. The fraction of sp³-hybridized carbons (Fsp3) is 0.483. The van der Waals surface area contributed by atoms with Gasteiger partial charge in [-0.25, -0.2) is 9.78 Å². The number of hydrogen-bond donors (Lipinski definition) is 1. The van der Waals surface area contributed by atoms with Gasteiger partial charge in [0.05, 0.1) is 29.9 Å². The lowest BCUT2D eigenvalue weighted by Gasteiger charge is -2.40. The molecular weight excluding hydrogens is 564 g/mol. The Kier molecular flexibility index (Phi) is 8.33. The van der Waals surface area contributed by atoms with Crippen molar-refractivity contribution in [2.24, 2.45) is 0 Å². The van der Waals surface area contributed by atoms with Crippen LogP contribution in [0.1, 0.15) is 55.8 Å². The van der Waals surface area contributed by atoms with E-state index in [-0.39, 0.29) is 25.1 Å². The molecule has 0 saturated carbocycles. The summed E-state index contributed by atoms with van der Waals surface area (Å²) in [7, 11) is -3.65. The summed E-state index contributed by atoms with van der Waals surface area (Å²) < 4.78 is 47.2. The first kappa shape index (κ1) is 29.6. The Balaban J connectivity index is 1.44. The summed E-state index contributed by atoms with van der Waals surface area (Å²) in [4.78, 5) is 33.2. The Morgan fingerprint density at radius 1 is 1.10 bits per heavy atom. The molecule has 2 aromatic carbocycles. The quantitative estimate of drug-likeness (QED) is 0.403. The molecule has 0 spiro atoms. The number of fused-ring (bicyclic) bond motifs is 2. The predicted octanol–water partition coefficient (Wildman–Crippen LogP) is 3.65. The highest BCUT2D eigenvalue weighted by Gasteiger charge is 2.38. The normalized spacial score (nSPS) is 19.0. The number of benzene rings is 2. The summed E-state index contributed by atoms with van der Waals surface area (Å²) >= 11 is 0. The number of aromatic nitrogens is 2. The van der Waals surface area contributed by atoms with Crippen molar-refractivity contribution < 1.29 is 36.4 Å². The summed E-state index contributed by atoms with van der Waals surface area (Å²) in [6.07, 6.45) is 1.38. The second kappa shape index (κ2) is 11.8. The number of amides is 2. The smallest absolute Gasteiger partial charge is 0.410 e. The van der Waals surface area contributed by atoms with Crippen molar-refractivity contribution in [3.63, 3.8) is 0 Å². The first-order chi connectivity index (χ1) is 19.9. The number of piperidine rings is 1. The predicted molar refractivity (Wildman–Crippen MR) is 154 cm³/mol. The van der Waals surface area contributed by atoms with E-state index >= 15 is 0 Å². The van der Waals surface area contributed by atoms with Gasteiger partial charge in [0.2, 0.25) is 0 Å². The number of para-hydroxylation sites is 2. The second-order valence-corrected chi connectivity index (χ2v) is 13.0. The third kappa shape index (κ3) is 6.96. The Morgan fingerprint density at radius 2 is 1.83 bits per heavy atom. The van der Waals surface area contributed by atoms with Crippen LogP contribution < -0.4 is 14.8 Å². The minimum atomic E-state index is -3.65. The molecule has 5 rings (SSSR count). The van der Waals surface area contributed by atoms with Crippen LogP contribution in [-0.4, -0.2) is 79.1 Å². The van der Waals surface area contributed by atoms with Gasteiger partial charge in [-0.05, 0) is 63.9 Å². The molecule has 13 heteroatoms. The Labute approximate surface area is 245 Å². The number of carbonyl (C=O) groups is 2. The number of imidazole rings is 1. The molecule has 0 unspecified atom stereocenters. The van der Waals surface area contributed by atoms with Crippen molar-refractivity contribution in [2.45, 2.75) is 57.8 Å². The zero-order valence-corrected chi connectivity index (χ0v) is 25.0. The van der Waals surface area contributed by atoms with Crippen LogP contribution in [0.5, 0.6) is 11.5 Å². The van der Waals surface area contributed by atoms with Crippen molar-refractivity contribution in [3.05, 3.63) is 53.9 Å². The van der Waals surface area contributed by atoms with E-state index in [1.807, 2.05) is 28.8 Å². The van der Waals surface area contributed by atoms with Crippen molar-refractivity contribution in [2.75, 3.05) is 32.6 Å². The van der Waals surface area contributed by atoms with Crippen LogP contribution in [-0.2, 0) is 25.6 Å². The number of nitrogens with zero attached hydrogens (tertiary/aromatic N) is 3. The van der Waals surface area contributed by atoms with Gasteiger partial charge in [0.15, 0.2) is 11.5 Å². The molecule has 3 heterocycles. The third-order valence-corrected chi connectivity index (χ3v) is 7.56. The molecule has 0 bridgehead atoms. The first-order valence-electron chi connectivity index (χ1n) is 13.9. The van der Waals surface area contributed by atoms with E-state index in [0.29, 0.717) is 61.0 Å². The molecule has 1 aromatic heterocycles. The number of nitrogens with one attached hydrogen (secondary N) is 1. The standard InChI is InChI=1S/C29H36N4O8S/c1-29(2,3)41-28(35)33-12-11-20(30-27(34)19-9-10-24-25(17-19)39-16-15-38-24)18-23(33)26-31-21-7-5-6-8-22(21)32(26)13-14-40-42(4,36)37/h5-10,17,20,23H,11-16,18H2,1-4H3,(H,30,34)/t20-,23-/m1/s1. The maximum absolute atomic E-state index is 13.4. The van der Waals surface area contributed by atoms with Crippen LogP contribution in [0.4, 0.5) is 4.79 Å². The molecule has 42 heavy (non-hydrogen) atoms. The average Bonchev–Trinajstić information content (AvgIpc) is 3.29. The maximum Gasteiger partial charge on any atom is 0.410 e. The van der Waals surface area contributed by atoms with Gasteiger partial charge in [-0.2, -0.15) is 8.42 Å². The number of likely N-dealkylation sites (tertiary alicyclic amines) is 1. The highest BCUT2D eigenvalue weighted by atomic mass is 32.2. The molecular formula is C29H36N4O8S. The molecule has 0 aliphatic carbocycles. The van der Waals surface area contributed by atoms with E-state index in [9.17, 15) is 18.0 Å². The van der Waals surface area contributed by atoms with Gasteiger partial charge in [0.25, 0.3) is 16.0 Å². The molecule has 2 aliphatic heterocycles. The minimum absolute atomic E-state index is 0.102. The fourth-order valence-corrected chi connectivity index (χ4v) is 5.57. The zero-order chi connectivity index (χ0) is 30.1. The molecule has 3 aromatic rings. The highest BCUT2D eigenvalue weighted by molar-refractivity contribution is 7.85. The third-order valence-electron chi connectivity index (χ3n) is 6.96. The van der Waals surface area contributed by atoms with E-state index in [2.05, 4.69) is 5.32 Å². The molecule has 1 N–H and O–H groups in total. The summed E-state index contributed by atoms with van der Waals surface area (Å²) in [5.74, 6) is 1.41. The number of rotatable bonds is 7. The topological polar surface area (TPSA) is 138 Å². The summed E-state index contributed by atoms with van der Waals surface area (Å²) in [6.45, 7) is 6.69. The molecule has 1 fully saturated rings. The highest BCUT2D eigenvalue weighted by Crippen LogP contribution is 2.35. The molecule has 226 valence electrons. The van der Waals surface area contributed by atoms with Crippen LogP contribution in [0, 0.1) is 0 Å². The number of ether oxygens (including phenoxy) is 3.